The predicted octanol–water partition coefficient (Wildman–Crippen LogP) is 1.70. The van der Waals surface area contributed by atoms with Crippen LogP contribution in [0.1, 0.15) is 28.3 Å². The monoisotopic (exact) mass is 336 g/mol. The van der Waals surface area contributed by atoms with Gasteiger partial charge in [0.05, 0.1) is 24.3 Å². The van der Waals surface area contributed by atoms with Crippen LogP contribution in [0, 0.1) is 19.8 Å². The molecule has 6 nitrogen and oxygen atoms in total. The Morgan fingerprint density at radius 1 is 1.33 bits per heavy atom. The third-order valence-corrected chi connectivity index (χ3v) is 5.39. The van der Waals surface area contributed by atoms with Crippen LogP contribution in [0.2, 0.25) is 0 Å². The zero-order chi connectivity index (χ0) is 17.3. The van der Waals surface area contributed by atoms with Gasteiger partial charge in [-0.25, -0.2) is 0 Å². The molecule has 2 saturated heterocycles. The first-order valence-corrected chi connectivity index (χ1v) is 8.67. The van der Waals surface area contributed by atoms with Crippen LogP contribution in [0.15, 0.2) is 10.5 Å². The first-order chi connectivity index (χ1) is 11.5. The summed E-state index contributed by atoms with van der Waals surface area (Å²) in [5.74, 6) is 1.94. The van der Waals surface area contributed by atoms with Gasteiger partial charge in [0.1, 0.15) is 11.5 Å². The molecule has 24 heavy (non-hydrogen) atoms. The van der Waals surface area contributed by atoms with E-state index in [4.69, 9.17) is 13.9 Å². The lowest BCUT2D eigenvalue weighted by Gasteiger charge is -2.41. The Bertz CT molecular complexity index is 586. The molecule has 3 rings (SSSR count). The molecule has 0 aliphatic carbocycles. The summed E-state index contributed by atoms with van der Waals surface area (Å²) in [6.45, 7) is 7.93. The molecule has 0 N–H and O–H groups in total. The van der Waals surface area contributed by atoms with Crippen LogP contribution < -0.4 is 0 Å². The maximum atomic E-state index is 13.1. The van der Waals surface area contributed by atoms with Gasteiger partial charge in [-0.05, 0) is 26.3 Å². The Morgan fingerprint density at radius 3 is 2.75 bits per heavy atom. The Balaban J connectivity index is 1.79. The lowest BCUT2D eigenvalue weighted by Crippen LogP contribution is -2.53. The summed E-state index contributed by atoms with van der Waals surface area (Å²) in [5.41, 5.74) is 0.692. The summed E-state index contributed by atoms with van der Waals surface area (Å²) in [7, 11) is 3.50. The van der Waals surface area contributed by atoms with E-state index in [2.05, 4.69) is 4.90 Å². The highest BCUT2D eigenvalue weighted by Crippen LogP contribution is 2.33. The van der Waals surface area contributed by atoms with Crippen molar-refractivity contribution in [1.29, 1.82) is 0 Å². The molecule has 2 aliphatic heterocycles. The minimum absolute atomic E-state index is 0.0856. The van der Waals surface area contributed by atoms with Gasteiger partial charge >= 0.3 is 0 Å². The molecule has 0 bridgehead atoms. The maximum Gasteiger partial charge on any atom is 0.257 e. The van der Waals surface area contributed by atoms with E-state index in [-0.39, 0.29) is 18.1 Å². The largest absolute Gasteiger partial charge is 0.466 e. The van der Waals surface area contributed by atoms with E-state index in [0.29, 0.717) is 23.8 Å². The fourth-order valence-corrected chi connectivity index (χ4v) is 4.18. The lowest BCUT2D eigenvalue weighted by atomic mass is 9.88. The second kappa shape index (κ2) is 7.25. The molecule has 6 heteroatoms. The number of rotatable bonds is 5. The van der Waals surface area contributed by atoms with Gasteiger partial charge in [-0.1, -0.05) is 0 Å². The normalized spacial score (nSPS) is 27.5. The number of amides is 1. The summed E-state index contributed by atoms with van der Waals surface area (Å²) in [5, 5.41) is 0. The van der Waals surface area contributed by atoms with Crippen LogP contribution >= 0.6 is 0 Å². The number of carbonyl (C=O) groups is 1. The van der Waals surface area contributed by atoms with E-state index in [0.717, 1.165) is 38.4 Å². The maximum absolute atomic E-state index is 13.1. The number of fused-ring (bicyclic) bond motifs is 1. The second-order valence-corrected chi connectivity index (χ2v) is 6.87. The van der Waals surface area contributed by atoms with Gasteiger partial charge in [0.25, 0.3) is 5.91 Å². The van der Waals surface area contributed by atoms with E-state index in [1.807, 2.05) is 24.8 Å². The van der Waals surface area contributed by atoms with Gasteiger partial charge in [0.15, 0.2) is 0 Å². The zero-order valence-electron chi connectivity index (χ0n) is 15.1. The summed E-state index contributed by atoms with van der Waals surface area (Å²) in [6, 6.07) is 2.05. The van der Waals surface area contributed by atoms with Crippen molar-refractivity contribution in [2.24, 2.45) is 5.92 Å². The Morgan fingerprint density at radius 2 is 2.12 bits per heavy atom. The van der Waals surface area contributed by atoms with E-state index >= 15 is 0 Å². The highest BCUT2D eigenvalue weighted by Gasteiger charge is 2.46. The van der Waals surface area contributed by atoms with Gasteiger partial charge in [0, 0.05) is 46.3 Å². The van der Waals surface area contributed by atoms with Crippen LogP contribution in [0.3, 0.4) is 0 Å². The van der Waals surface area contributed by atoms with E-state index < -0.39 is 0 Å². The number of hydrogen-bond acceptors (Lipinski definition) is 5. The van der Waals surface area contributed by atoms with Crippen molar-refractivity contribution in [2.75, 3.05) is 47.0 Å². The first-order valence-electron chi connectivity index (χ1n) is 8.67. The molecule has 1 aromatic heterocycles. The van der Waals surface area contributed by atoms with E-state index in [1.54, 1.807) is 14.2 Å². The number of piperidine rings is 1. The molecule has 0 radical (unpaired) electrons. The Hall–Kier alpha value is -1.37. The molecule has 0 saturated carbocycles. The predicted molar refractivity (Wildman–Crippen MR) is 90.2 cm³/mol. The van der Waals surface area contributed by atoms with Crippen molar-refractivity contribution < 1.29 is 18.7 Å². The fourth-order valence-electron chi connectivity index (χ4n) is 4.18. The number of likely N-dealkylation sites (tertiary alicyclic amines) is 2. The number of carbonyl (C=O) groups excluding carboxylic acids is 1. The van der Waals surface area contributed by atoms with Crippen molar-refractivity contribution >= 4 is 5.91 Å². The summed E-state index contributed by atoms with van der Waals surface area (Å²) in [4.78, 5) is 17.5. The summed E-state index contributed by atoms with van der Waals surface area (Å²) >= 11 is 0. The van der Waals surface area contributed by atoms with Crippen LogP contribution in [0.25, 0.3) is 0 Å². The van der Waals surface area contributed by atoms with E-state index in [1.165, 1.54) is 0 Å². The van der Waals surface area contributed by atoms with Crippen molar-refractivity contribution in [3.63, 3.8) is 0 Å². The molecular weight excluding hydrogens is 308 g/mol. The Kier molecular flexibility index (Phi) is 5.27. The molecule has 2 aliphatic rings. The summed E-state index contributed by atoms with van der Waals surface area (Å²) < 4.78 is 16.5. The smallest absolute Gasteiger partial charge is 0.257 e. The van der Waals surface area contributed by atoms with Crippen LogP contribution in [-0.2, 0) is 9.47 Å². The molecule has 1 aromatic rings. The van der Waals surface area contributed by atoms with Gasteiger partial charge in [0.2, 0.25) is 0 Å². The molecular formula is C18H28N2O4. The second-order valence-electron chi connectivity index (χ2n) is 6.87. The van der Waals surface area contributed by atoms with Crippen molar-refractivity contribution in [2.45, 2.75) is 32.4 Å². The lowest BCUT2D eigenvalue weighted by molar-refractivity contribution is -0.0157. The minimum atomic E-state index is 0.0856. The number of aryl methyl sites for hydroxylation is 2. The molecule has 3 heterocycles. The Labute approximate surface area is 143 Å². The minimum Gasteiger partial charge on any atom is -0.466 e. The number of ether oxygens (including phenoxy) is 2. The van der Waals surface area contributed by atoms with Gasteiger partial charge in [-0.3, -0.25) is 9.69 Å². The number of methoxy groups -OCH3 is 2. The highest BCUT2D eigenvalue weighted by molar-refractivity contribution is 5.95. The topological polar surface area (TPSA) is 55.2 Å². The molecule has 134 valence electrons. The first kappa shape index (κ1) is 17.5. The summed E-state index contributed by atoms with van der Waals surface area (Å²) in [6.07, 6.45) is 1.11. The molecule has 0 spiro atoms. The standard InChI is InChI=1S/C18H28N2O4/c1-12-9-14(13(2)24-12)18(21)20-6-5-17(23-4)15-10-19(7-8-22-3)11-16(15)20/h9,15-17H,5-8,10-11H2,1-4H3/t15-,16+,17+/m0/s1. The van der Waals surface area contributed by atoms with Gasteiger partial charge in [-0.15, -0.1) is 0 Å². The quantitative estimate of drug-likeness (QED) is 0.819. The van der Waals surface area contributed by atoms with Crippen molar-refractivity contribution in [1.82, 2.24) is 9.80 Å². The average molecular weight is 336 g/mol. The fraction of sp³-hybridized carbons (Fsp3) is 0.722. The third kappa shape index (κ3) is 3.23. The van der Waals surface area contributed by atoms with Crippen LogP contribution in [0.5, 0.6) is 0 Å². The third-order valence-electron chi connectivity index (χ3n) is 5.39. The molecule has 3 atom stereocenters. The highest BCUT2D eigenvalue weighted by atomic mass is 16.5. The van der Waals surface area contributed by atoms with Crippen LogP contribution in [0.4, 0.5) is 0 Å². The van der Waals surface area contributed by atoms with E-state index in [9.17, 15) is 4.79 Å². The average Bonchev–Trinajstić information content (AvgIpc) is 3.14. The molecule has 2 fully saturated rings. The van der Waals surface area contributed by atoms with Crippen molar-refractivity contribution in [3.05, 3.63) is 23.2 Å². The molecule has 0 unspecified atom stereocenters. The molecule has 1 amide bonds. The SMILES string of the molecule is COCCN1C[C@H]2[C@@H](C1)N(C(=O)c1cc(C)oc1C)CC[C@H]2OC. The number of furan rings is 1. The number of nitrogens with zero attached hydrogens (tertiary/aromatic N) is 2. The van der Waals surface area contributed by atoms with Crippen LogP contribution in [-0.4, -0.2) is 74.9 Å². The van der Waals surface area contributed by atoms with Gasteiger partial charge in [-0.2, -0.15) is 0 Å². The van der Waals surface area contributed by atoms with Gasteiger partial charge < -0.3 is 18.8 Å². The molecule has 0 aromatic carbocycles. The number of hydrogen-bond donors (Lipinski definition) is 0. The zero-order valence-corrected chi connectivity index (χ0v) is 15.1. The van der Waals surface area contributed by atoms with Crippen molar-refractivity contribution in [3.8, 4) is 0 Å².